The summed E-state index contributed by atoms with van der Waals surface area (Å²) in [5, 5.41) is 34.0. The summed E-state index contributed by atoms with van der Waals surface area (Å²) in [6.45, 7) is 3.26. The van der Waals surface area contributed by atoms with E-state index in [4.69, 9.17) is 4.74 Å². The van der Waals surface area contributed by atoms with Gasteiger partial charge in [-0.15, -0.1) is 0 Å². The number of hydrogen-bond donors (Lipinski definition) is 9. The molecule has 11 atom stereocenters. The van der Waals surface area contributed by atoms with E-state index in [-0.39, 0.29) is 86.1 Å². The van der Waals surface area contributed by atoms with Crippen molar-refractivity contribution in [2.24, 2.45) is 11.8 Å². The van der Waals surface area contributed by atoms with Crippen molar-refractivity contribution in [1.82, 2.24) is 52.3 Å². The third-order valence-corrected chi connectivity index (χ3v) is 18.1. The summed E-state index contributed by atoms with van der Waals surface area (Å²) in [7, 11) is 3.36. The molecular formula is C66H94N10O11. The van der Waals surface area contributed by atoms with Crippen LogP contribution in [0.5, 0.6) is 0 Å². The van der Waals surface area contributed by atoms with E-state index in [2.05, 4.69) is 42.5 Å². The van der Waals surface area contributed by atoms with Gasteiger partial charge in [-0.25, -0.2) is 0 Å². The molecule has 0 spiro atoms. The number of hydrogen-bond acceptors (Lipinski definition) is 13. The summed E-state index contributed by atoms with van der Waals surface area (Å²) >= 11 is 0. The number of carbonyl (C=O) groups excluding carboxylic acids is 9. The Kier molecular flexibility index (Phi) is 26.7. The Morgan fingerprint density at radius 1 is 0.540 bits per heavy atom. The topological polar surface area (TPSA) is 286 Å². The minimum absolute atomic E-state index is 0.0672. The number of rotatable bonds is 33. The largest absolute Gasteiger partial charge is 0.396 e. The van der Waals surface area contributed by atoms with Crippen LogP contribution in [0.2, 0.25) is 0 Å². The number of carbonyl (C=O) groups is 9. The third-order valence-electron chi connectivity index (χ3n) is 18.1. The van der Waals surface area contributed by atoms with Crippen LogP contribution >= 0.6 is 0 Å². The van der Waals surface area contributed by atoms with Crippen molar-refractivity contribution in [3.8, 4) is 0 Å². The molecule has 4 heterocycles. The summed E-state index contributed by atoms with van der Waals surface area (Å²) in [6.07, 6.45) is 11.4. The smallest absolute Gasteiger partial charge is 0.246 e. The van der Waals surface area contributed by atoms with Gasteiger partial charge in [0.15, 0.2) is 5.78 Å². The lowest BCUT2D eigenvalue weighted by molar-refractivity contribution is -0.144. The number of nitrogens with zero attached hydrogens (tertiary/aromatic N) is 2. The molecule has 4 aliphatic heterocycles. The van der Waals surface area contributed by atoms with Crippen molar-refractivity contribution in [3.05, 3.63) is 108 Å². The Balaban J connectivity index is 0.798. The lowest BCUT2D eigenvalue weighted by atomic mass is 9.92. The van der Waals surface area contributed by atoms with Crippen LogP contribution in [0.25, 0.3) is 0 Å². The van der Waals surface area contributed by atoms with E-state index in [1.165, 1.54) is 0 Å². The molecule has 0 unspecified atom stereocenters. The number of unbranched alkanes of at least 4 members (excludes halogenated alkanes) is 6. The van der Waals surface area contributed by atoms with Crippen LogP contribution in [-0.2, 0) is 47.9 Å². The number of aliphatic hydroxyl groups excluding tert-OH is 1. The minimum Gasteiger partial charge on any atom is -0.396 e. The molecular weight excluding hydrogens is 1110 g/mol. The minimum atomic E-state index is -1.01. The predicted molar refractivity (Wildman–Crippen MR) is 329 cm³/mol. The molecule has 21 nitrogen and oxygen atoms in total. The quantitative estimate of drug-likeness (QED) is 0.0388. The number of ether oxygens (including phenoxy) is 1. The number of ketones is 1. The number of Topliss-reactive ketones (excluding diaryl/α,β-unsaturated/α-hetero) is 1. The first-order valence-corrected chi connectivity index (χ1v) is 31.8. The molecule has 9 N–H and O–H groups in total. The second-order valence-corrected chi connectivity index (χ2v) is 23.8. The van der Waals surface area contributed by atoms with Gasteiger partial charge >= 0.3 is 0 Å². The Hall–Kier alpha value is -7.07. The van der Waals surface area contributed by atoms with Gasteiger partial charge in [-0.3, -0.25) is 43.2 Å². The maximum atomic E-state index is 14.7. The van der Waals surface area contributed by atoms with Gasteiger partial charge in [0.1, 0.15) is 43.4 Å². The highest BCUT2D eigenvalue weighted by molar-refractivity contribution is 5.97. The van der Waals surface area contributed by atoms with Crippen molar-refractivity contribution in [3.63, 3.8) is 0 Å². The van der Waals surface area contributed by atoms with Crippen molar-refractivity contribution in [1.29, 1.82) is 0 Å². The van der Waals surface area contributed by atoms with Crippen LogP contribution in [0.1, 0.15) is 158 Å². The molecule has 7 rings (SSSR count). The highest BCUT2D eigenvalue weighted by atomic mass is 16.5. The highest BCUT2D eigenvalue weighted by Gasteiger charge is 2.50. The van der Waals surface area contributed by atoms with Crippen LogP contribution in [-0.4, -0.2) is 163 Å². The van der Waals surface area contributed by atoms with Crippen molar-refractivity contribution in [2.45, 2.75) is 190 Å². The van der Waals surface area contributed by atoms with Crippen LogP contribution in [0.3, 0.4) is 0 Å². The molecule has 8 amide bonds. The third kappa shape index (κ3) is 18.5. The summed E-state index contributed by atoms with van der Waals surface area (Å²) in [4.78, 5) is 127. The molecule has 87 heavy (non-hydrogen) atoms. The fourth-order valence-electron chi connectivity index (χ4n) is 13.1. The number of benzene rings is 3. The molecule has 0 radical (unpaired) electrons. The van der Waals surface area contributed by atoms with Crippen LogP contribution in [0, 0.1) is 11.8 Å². The fraction of sp³-hybridized carbons (Fsp3) is 0.591. The SMILES string of the molecule is CC[C@H](NC)C(=O)N[C@@H]1C(=O)N2[C@@H](CC[C@@H]1CNC(=O)COCC(=O)NCCCCCCCCCC(=O)[C@@H](NC(=O)[C@@H]1CC[C@@H]3CC[C@H](CO)[C@H](NC(=O)[C@H](CC)NC)C(=O)N31)c1ccccc1)CC[C@H]2C(=O)NC(c1ccccc1)c1ccccc1. The van der Waals surface area contributed by atoms with Gasteiger partial charge in [0.25, 0.3) is 0 Å². The number of nitrogens with one attached hydrogen (secondary N) is 8. The number of likely N-dealkylation sites (N-methyl/N-ethyl adjacent to an activating group) is 2. The van der Waals surface area contributed by atoms with E-state index in [0.29, 0.717) is 82.7 Å². The second kappa shape index (κ2) is 34.5. The summed E-state index contributed by atoms with van der Waals surface area (Å²) in [6, 6.07) is 22.1. The van der Waals surface area contributed by atoms with Crippen molar-refractivity contribution >= 4 is 53.0 Å². The second-order valence-electron chi connectivity index (χ2n) is 23.8. The Bertz CT molecular complexity index is 2690. The first-order valence-electron chi connectivity index (χ1n) is 31.8. The van der Waals surface area contributed by atoms with E-state index >= 15 is 0 Å². The van der Waals surface area contributed by atoms with Crippen LogP contribution < -0.4 is 42.5 Å². The maximum absolute atomic E-state index is 14.7. The molecule has 4 fully saturated rings. The molecule has 474 valence electrons. The zero-order valence-electron chi connectivity index (χ0n) is 51.3. The first-order chi connectivity index (χ1) is 42.2. The summed E-state index contributed by atoms with van der Waals surface area (Å²) in [5.74, 6) is -4.04. The first kappa shape index (κ1) is 67.4. The van der Waals surface area contributed by atoms with Crippen LogP contribution in [0.4, 0.5) is 0 Å². The molecule has 0 bridgehead atoms. The van der Waals surface area contributed by atoms with Gasteiger partial charge in [0.05, 0.1) is 18.1 Å². The zero-order valence-corrected chi connectivity index (χ0v) is 51.3. The molecule has 0 aromatic heterocycles. The lowest BCUT2D eigenvalue weighted by Crippen LogP contribution is -2.59. The lowest BCUT2D eigenvalue weighted by Gasteiger charge is -2.33. The average molecular weight is 1200 g/mol. The molecule has 3 aromatic rings. The van der Waals surface area contributed by atoms with E-state index < -0.39 is 72.0 Å². The Morgan fingerprint density at radius 3 is 1.47 bits per heavy atom. The normalized spacial score (nSPS) is 22.8. The van der Waals surface area contributed by atoms with Crippen LogP contribution in [0.15, 0.2) is 91.0 Å². The van der Waals surface area contributed by atoms with E-state index in [1.54, 1.807) is 23.9 Å². The van der Waals surface area contributed by atoms with Gasteiger partial charge < -0.3 is 62.2 Å². The molecule has 21 heteroatoms. The fourth-order valence-corrected chi connectivity index (χ4v) is 13.1. The number of fused-ring (bicyclic) bond motifs is 2. The van der Waals surface area contributed by atoms with Gasteiger partial charge in [0, 0.05) is 50.0 Å². The Labute approximate surface area is 512 Å². The maximum Gasteiger partial charge on any atom is 0.246 e. The summed E-state index contributed by atoms with van der Waals surface area (Å²) < 4.78 is 5.48. The average Bonchev–Trinajstić information content (AvgIpc) is 2.20. The van der Waals surface area contributed by atoms with Gasteiger partial charge in [-0.1, -0.05) is 137 Å². The zero-order chi connectivity index (χ0) is 62.2. The van der Waals surface area contributed by atoms with E-state index in [1.807, 2.05) is 105 Å². The molecule has 4 aliphatic rings. The van der Waals surface area contributed by atoms with Crippen molar-refractivity contribution < 1.29 is 53.0 Å². The predicted octanol–water partition coefficient (Wildman–Crippen LogP) is 4.19. The number of amides is 8. The Morgan fingerprint density at radius 2 is 0.977 bits per heavy atom. The molecule has 3 aromatic carbocycles. The number of aliphatic hydroxyl groups is 1. The van der Waals surface area contributed by atoms with Gasteiger partial charge in [0.2, 0.25) is 47.3 Å². The summed E-state index contributed by atoms with van der Waals surface area (Å²) in [5.41, 5.74) is 2.47. The monoisotopic (exact) mass is 1200 g/mol. The van der Waals surface area contributed by atoms with E-state index in [9.17, 15) is 48.3 Å². The van der Waals surface area contributed by atoms with Gasteiger partial charge in [-0.2, -0.15) is 0 Å². The molecule has 0 saturated carbocycles. The van der Waals surface area contributed by atoms with E-state index in [0.717, 1.165) is 49.7 Å². The standard InChI is InChI=1S/C66H94N10O11/c1-5-50(67-3)61(81)73-59-46(30-32-48-34-36-52(75(48)65(59)85)63(83)71-57(43-23-15-12-16-24-43)44-25-17-13-18-26-44)39-70-56(80)42-87-41-55(79)69-38-22-11-9-7-8-10-21-29-54(78)58(45-27-19-14-20-28-45)72-64(84)53-37-35-49-33-31-47(40-77)60(66(86)76(49)53)74-62(82)51(6-2)68-4/h12-20,23-28,46-53,57-60,67-68,77H,5-11,21-22,29-42H2,1-4H3,(H,69,79)(H,70,80)(H,71,83)(H,72,84)(H,73,81)(H,74,82)/t46-,47-,48+,49+,50+,51+,52+,53+,58+,59+,60+/m1/s1. The highest BCUT2D eigenvalue weighted by Crippen LogP contribution is 2.37. The molecule has 0 aliphatic carbocycles. The van der Waals surface area contributed by atoms with Gasteiger partial charge in [-0.05, 0) is 108 Å². The molecule has 4 saturated heterocycles. The van der Waals surface area contributed by atoms with Crippen molar-refractivity contribution in [2.75, 3.05) is 47.0 Å².